The molecule has 0 aliphatic heterocycles. The molecule has 3 heteroatoms. The summed E-state index contributed by atoms with van der Waals surface area (Å²) in [5.41, 5.74) is 0. The van der Waals surface area contributed by atoms with Gasteiger partial charge in [-0.05, 0) is 12.8 Å². The minimum absolute atomic E-state index is 0.0793. The quantitative estimate of drug-likeness (QED) is 0.587. The van der Waals surface area contributed by atoms with E-state index in [4.69, 9.17) is 0 Å². The second-order valence-corrected chi connectivity index (χ2v) is 4.76. The molecule has 2 atom stereocenters. The maximum atomic E-state index is 12.9. The lowest BCUT2D eigenvalue weighted by molar-refractivity contribution is 0.275. The first kappa shape index (κ1) is 7.99. The molecule has 1 saturated carbocycles. The third-order valence-corrected chi connectivity index (χ3v) is 3.58. The molecule has 0 aromatic heterocycles. The van der Waals surface area contributed by atoms with Crippen LogP contribution in [0.2, 0.25) is 0 Å². The zero-order valence-electron chi connectivity index (χ0n) is 4.99. The molecular formula is C6H9Br2F. The Morgan fingerprint density at radius 1 is 1.11 bits per heavy atom. The van der Waals surface area contributed by atoms with E-state index in [0.717, 1.165) is 19.3 Å². The van der Waals surface area contributed by atoms with Crippen molar-refractivity contribution in [2.75, 3.05) is 0 Å². The molecule has 1 aliphatic rings. The van der Waals surface area contributed by atoms with E-state index in [2.05, 4.69) is 31.9 Å². The molecule has 1 rings (SSSR count). The van der Waals surface area contributed by atoms with Crippen molar-refractivity contribution in [2.24, 2.45) is 0 Å². The van der Waals surface area contributed by atoms with Gasteiger partial charge in [0.1, 0.15) is 6.17 Å². The number of hydrogen-bond acceptors (Lipinski definition) is 0. The summed E-state index contributed by atoms with van der Waals surface area (Å²) < 4.78 is 12.9. The maximum absolute atomic E-state index is 12.9. The van der Waals surface area contributed by atoms with Gasteiger partial charge in [0, 0.05) is 9.65 Å². The van der Waals surface area contributed by atoms with E-state index in [-0.39, 0.29) is 9.65 Å². The normalized spacial score (nSPS) is 45.0. The highest BCUT2D eigenvalue weighted by molar-refractivity contribution is 9.10. The first-order chi connectivity index (χ1) is 4.22. The molecule has 0 saturated heterocycles. The largest absolute Gasteiger partial charge is 0.245 e. The van der Waals surface area contributed by atoms with Gasteiger partial charge in [-0.2, -0.15) is 0 Å². The summed E-state index contributed by atoms with van der Waals surface area (Å²) in [5, 5.41) is 0. The number of alkyl halides is 3. The van der Waals surface area contributed by atoms with Gasteiger partial charge in [0.05, 0.1) is 0 Å². The van der Waals surface area contributed by atoms with Crippen LogP contribution >= 0.6 is 31.9 Å². The number of rotatable bonds is 0. The van der Waals surface area contributed by atoms with Crippen LogP contribution in [0.4, 0.5) is 4.39 Å². The number of halogens is 3. The highest BCUT2D eigenvalue weighted by Gasteiger charge is 2.29. The Morgan fingerprint density at radius 2 is 1.56 bits per heavy atom. The lowest BCUT2D eigenvalue weighted by Crippen LogP contribution is -2.30. The predicted octanol–water partition coefficient (Wildman–Crippen LogP) is 3.04. The molecule has 0 aromatic rings. The monoisotopic (exact) mass is 258 g/mol. The van der Waals surface area contributed by atoms with Crippen molar-refractivity contribution in [3.05, 3.63) is 0 Å². The van der Waals surface area contributed by atoms with Crippen molar-refractivity contribution in [1.29, 1.82) is 0 Å². The summed E-state index contributed by atoms with van der Waals surface area (Å²) >= 11 is 6.58. The van der Waals surface area contributed by atoms with Crippen molar-refractivity contribution in [2.45, 2.75) is 35.1 Å². The van der Waals surface area contributed by atoms with Crippen LogP contribution in [0.3, 0.4) is 0 Å². The molecule has 1 aliphatic carbocycles. The van der Waals surface area contributed by atoms with Crippen LogP contribution in [0.1, 0.15) is 19.3 Å². The first-order valence-electron chi connectivity index (χ1n) is 3.14. The van der Waals surface area contributed by atoms with E-state index in [1.54, 1.807) is 0 Å². The summed E-state index contributed by atoms with van der Waals surface area (Å²) in [4.78, 5) is 0.159. The van der Waals surface area contributed by atoms with Gasteiger partial charge in [0.2, 0.25) is 0 Å². The van der Waals surface area contributed by atoms with Gasteiger partial charge in [-0.15, -0.1) is 0 Å². The first-order valence-corrected chi connectivity index (χ1v) is 4.97. The molecule has 1 fully saturated rings. The van der Waals surface area contributed by atoms with Crippen LogP contribution < -0.4 is 0 Å². The zero-order valence-corrected chi connectivity index (χ0v) is 8.16. The van der Waals surface area contributed by atoms with Gasteiger partial charge >= 0.3 is 0 Å². The molecule has 54 valence electrons. The van der Waals surface area contributed by atoms with Crippen molar-refractivity contribution < 1.29 is 4.39 Å². The van der Waals surface area contributed by atoms with Crippen molar-refractivity contribution in [1.82, 2.24) is 0 Å². The van der Waals surface area contributed by atoms with Gasteiger partial charge in [-0.3, -0.25) is 0 Å². The Bertz CT molecular complexity index is 87.1. The van der Waals surface area contributed by atoms with Gasteiger partial charge in [0.15, 0.2) is 0 Å². The fourth-order valence-electron chi connectivity index (χ4n) is 1.05. The van der Waals surface area contributed by atoms with E-state index >= 15 is 0 Å². The Morgan fingerprint density at radius 3 is 1.89 bits per heavy atom. The lowest BCUT2D eigenvalue weighted by atomic mass is 9.99. The lowest BCUT2D eigenvalue weighted by Gasteiger charge is -2.25. The Labute approximate surface area is 71.5 Å². The summed E-state index contributed by atoms with van der Waals surface area (Å²) in [6.07, 6.45) is 2.39. The molecule has 0 radical (unpaired) electrons. The average Bonchev–Trinajstić information content (AvgIpc) is 1.83. The average molecular weight is 260 g/mol. The van der Waals surface area contributed by atoms with Crippen molar-refractivity contribution in [3.8, 4) is 0 Å². The van der Waals surface area contributed by atoms with Crippen LogP contribution in [0.15, 0.2) is 0 Å². The fourth-order valence-corrected chi connectivity index (χ4v) is 2.85. The highest BCUT2D eigenvalue weighted by atomic mass is 79.9. The summed E-state index contributed by atoms with van der Waals surface area (Å²) in [6.45, 7) is 0. The fraction of sp³-hybridized carbons (Fsp3) is 1.00. The van der Waals surface area contributed by atoms with Crippen molar-refractivity contribution >= 4 is 31.9 Å². The smallest absolute Gasteiger partial charge is 0.125 e. The van der Waals surface area contributed by atoms with Crippen LogP contribution in [0.5, 0.6) is 0 Å². The molecule has 2 unspecified atom stereocenters. The third-order valence-electron chi connectivity index (χ3n) is 1.65. The Hall–Kier alpha value is 0.890. The van der Waals surface area contributed by atoms with Gasteiger partial charge < -0.3 is 0 Å². The van der Waals surface area contributed by atoms with Crippen LogP contribution in [-0.2, 0) is 0 Å². The highest BCUT2D eigenvalue weighted by Crippen LogP contribution is 2.31. The van der Waals surface area contributed by atoms with Crippen LogP contribution in [0, 0.1) is 0 Å². The van der Waals surface area contributed by atoms with Crippen LogP contribution in [-0.4, -0.2) is 15.8 Å². The second-order valence-electron chi connectivity index (χ2n) is 2.41. The van der Waals surface area contributed by atoms with Crippen LogP contribution in [0.25, 0.3) is 0 Å². The van der Waals surface area contributed by atoms with E-state index in [1.807, 2.05) is 0 Å². The molecule has 0 nitrogen and oxygen atoms in total. The SMILES string of the molecule is FC1C(Br)CCCC1Br. The molecule has 0 heterocycles. The van der Waals surface area contributed by atoms with Gasteiger partial charge in [0.25, 0.3) is 0 Å². The Kier molecular flexibility index (Phi) is 2.96. The second kappa shape index (κ2) is 3.33. The summed E-state index contributed by atoms with van der Waals surface area (Å²) in [6, 6.07) is 0. The summed E-state index contributed by atoms with van der Waals surface area (Å²) in [5.74, 6) is 0. The van der Waals surface area contributed by atoms with E-state index in [1.165, 1.54) is 0 Å². The van der Waals surface area contributed by atoms with E-state index < -0.39 is 6.17 Å². The van der Waals surface area contributed by atoms with Gasteiger partial charge in [-0.1, -0.05) is 38.3 Å². The Balaban J connectivity index is 2.41. The van der Waals surface area contributed by atoms with E-state index in [0.29, 0.717) is 0 Å². The predicted molar refractivity (Wildman–Crippen MR) is 44.2 cm³/mol. The molecule has 0 amide bonds. The van der Waals surface area contributed by atoms with E-state index in [9.17, 15) is 4.39 Å². The zero-order chi connectivity index (χ0) is 6.85. The van der Waals surface area contributed by atoms with Gasteiger partial charge in [-0.25, -0.2) is 4.39 Å². The molecule has 0 N–H and O–H groups in total. The molecule has 0 bridgehead atoms. The number of hydrogen-bond donors (Lipinski definition) is 0. The summed E-state index contributed by atoms with van der Waals surface area (Å²) in [7, 11) is 0. The van der Waals surface area contributed by atoms with Crippen molar-refractivity contribution in [3.63, 3.8) is 0 Å². The minimum Gasteiger partial charge on any atom is -0.245 e. The molecule has 0 aromatic carbocycles. The molecule has 0 spiro atoms. The minimum atomic E-state index is -0.696. The molecular weight excluding hydrogens is 251 g/mol. The topological polar surface area (TPSA) is 0 Å². The standard InChI is InChI=1S/C6H9Br2F/c7-4-2-1-3-5(8)6(4)9/h4-6H,1-3H2. The third kappa shape index (κ3) is 1.90. The molecule has 9 heavy (non-hydrogen) atoms. The maximum Gasteiger partial charge on any atom is 0.125 e.